The summed E-state index contributed by atoms with van der Waals surface area (Å²) >= 11 is 6.07. The zero-order chi connectivity index (χ0) is 23.4. The van der Waals surface area contributed by atoms with Crippen molar-refractivity contribution in [2.45, 2.75) is 46.3 Å². The van der Waals surface area contributed by atoms with Crippen LogP contribution in [0, 0.1) is 0 Å². The largest absolute Gasteiger partial charge is 0.465 e. The van der Waals surface area contributed by atoms with Gasteiger partial charge < -0.3 is 15.0 Å². The van der Waals surface area contributed by atoms with Crippen molar-refractivity contribution in [1.29, 1.82) is 0 Å². The van der Waals surface area contributed by atoms with Crippen LogP contribution in [0.15, 0.2) is 23.0 Å². The number of benzene rings is 1. The summed E-state index contributed by atoms with van der Waals surface area (Å²) in [6.07, 6.45) is 0. The topological polar surface area (TPSA) is 96.8 Å². The number of carbonyl (C=O) groups excluding carboxylic acids is 2. The second-order valence-electron chi connectivity index (χ2n) is 7.86. The first-order valence-electron chi connectivity index (χ1n) is 10.9. The summed E-state index contributed by atoms with van der Waals surface area (Å²) in [6.45, 7) is 10.0. The second-order valence-corrected chi connectivity index (χ2v) is 8.29. The first kappa shape index (κ1) is 24.0. The lowest BCUT2D eigenvalue weighted by atomic mass is 10.1. The molecule has 10 heteroatoms. The number of carbonyl (C=O) groups is 2. The van der Waals surface area contributed by atoms with Crippen molar-refractivity contribution < 1.29 is 14.3 Å². The summed E-state index contributed by atoms with van der Waals surface area (Å²) in [5.41, 5.74) is 0.517. The summed E-state index contributed by atoms with van der Waals surface area (Å²) in [4.78, 5) is 45.8. The van der Waals surface area contributed by atoms with E-state index >= 15 is 0 Å². The molecule has 3 rings (SSSR count). The number of hydrogen-bond donors (Lipinski definition) is 1. The monoisotopic (exact) mass is 463 g/mol. The van der Waals surface area contributed by atoms with Crippen molar-refractivity contribution in [2.75, 3.05) is 32.8 Å². The van der Waals surface area contributed by atoms with E-state index in [-0.39, 0.29) is 36.8 Å². The van der Waals surface area contributed by atoms with Gasteiger partial charge in [-0.05, 0) is 45.9 Å². The Morgan fingerprint density at radius 3 is 2.72 bits per heavy atom. The molecule has 1 fully saturated rings. The third kappa shape index (κ3) is 5.05. The zero-order valence-electron chi connectivity index (χ0n) is 18.9. The van der Waals surface area contributed by atoms with Gasteiger partial charge in [0.25, 0.3) is 5.56 Å². The molecule has 1 aromatic carbocycles. The van der Waals surface area contributed by atoms with Crippen LogP contribution in [0.1, 0.15) is 39.6 Å². The van der Waals surface area contributed by atoms with Gasteiger partial charge in [0, 0.05) is 37.2 Å². The van der Waals surface area contributed by atoms with Crippen molar-refractivity contribution in [1.82, 2.24) is 24.7 Å². The molecule has 9 nitrogen and oxygen atoms in total. The van der Waals surface area contributed by atoms with Gasteiger partial charge in [-0.3, -0.25) is 19.1 Å². The molecule has 1 aliphatic rings. The van der Waals surface area contributed by atoms with Crippen molar-refractivity contribution >= 4 is 34.5 Å². The van der Waals surface area contributed by atoms with Crippen molar-refractivity contribution in [2.24, 2.45) is 0 Å². The predicted octanol–water partition coefficient (Wildman–Crippen LogP) is 2.41. The van der Waals surface area contributed by atoms with E-state index < -0.39 is 5.97 Å². The molecular formula is C22H30ClN5O4. The summed E-state index contributed by atoms with van der Waals surface area (Å²) in [5.74, 6) is 0.238. The highest BCUT2D eigenvalue weighted by atomic mass is 35.5. The van der Waals surface area contributed by atoms with Crippen LogP contribution >= 0.6 is 11.6 Å². The normalized spacial score (nSPS) is 17.9. The van der Waals surface area contributed by atoms with Crippen LogP contribution in [0.4, 0.5) is 4.79 Å². The molecule has 0 bridgehead atoms. The second kappa shape index (κ2) is 10.3. The number of aromatic nitrogens is 2. The van der Waals surface area contributed by atoms with Crippen molar-refractivity contribution in [3.05, 3.63) is 39.4 Å². The van der Waals surface area contributed by atoms with E-state index in [1.807, 2.05) is 20.8 Å². The minimum atomic E-state index is -0.457. The molecule has 2 atom stereocenters. The van der Waals surface area contributed by atoms with E-state index in [2.05, 4.69) is 10.2 Å². The lowest BCUT2D eigenvalue weighted by Crippen LogP contribution is -2.57. The number of urea groups is 1. The molecule has 0 saturated carbocycles. The van der Waals surface area contributed by atoms with Gasteiger partial charge in [-0.1, -0.05) is 11.6 Å². The standard InChI is InChI=1S/C22H30ClN5O4/c1-5-27-20(25-18-8-7-16(23)11-17(18)21(27)30)15(4)26-9-10-28(14(3)13-26)22(31)24-12-19(29)32-6-2/h7-8,11,14-15H,5-6,9-10,12-13H2,1-4H3,(H,24,31). The van der Waals surface area contributed by atoms with Gasteiger partial charge in [0.2, 0.25) is 0 Å². The zero-order valence-corrected chi connectivity index (χ0v) is 19.7. The number of esters is 1. The number of nitrogens with zero attached hydrogens (tertiary/aromatic N) is 4. The van der Waals surface area contributed by atoms with Crippen LogP contribution in [0.3, 0.4) is 0 Å². The average molecular weight is 464 g/mol. The Balaban J connectivity index is 1.74. The van der Waals surface area contributed by atoms with Gasteiger partial charge in [0.05, 0.1) is 23.6 Å². The Bertz CT molecular complexity index is 1060. The Labute approximate surface area is 192 Å². The number of amides is 2. The molecule has 32 heavy (non-hydrogen) atoms. The summed E-state index contributed by atoms with van der Waals surface area (Å²) in [5, 5.41) is 3.63. The third-order valence-electron chi connectivity index (χ3n) is 5.79. The van der Waals surface area contributed by atoms with E-state index in [1.165, 1.54) is 0 Å². The van der Waals surface area contributed by atoms with Crippen molar-refractivity contribution in [3.8, 4) is 0 Å². The van der Waals surface area contributed by atoms with Gasteiger partial charge in [-0.25, -0.2) is 9.78 Å². The first-order chi connectivity index (χ1) is 15.3. The maximum Gasteiger partial charge on any atom is 0.325 e. The Kier molecular flexibility index (Phi) is 7.73. The molecule has 1 aliphatic heterocycles. The molecule has 0 aliphatic carbocycles. The third-order valence-corrected chi connectivity index (χ3v) is 6.03. The summed E-state index contributed by atoms with van der Waals surface area (Å²) < 4.78 is 6.54. The SMILES string of the molecule is CCOC(=O)CNC(=O)N1CCN(C(C)c2nc3ccc(Cl)cc3c(=O)n2CC)CC1C. The molecule has 2 unspecified atom stereocenters. The molecule has 2 aromatic rings. The van der Waals surface area contributed by atoms with E-state index in [4.69, 9.17) is 21.3 Å². The van der Waals surface area contributed by atoms with Gasteiger partial charge in [0.15, 0.2) is 0 Å². The summed E-state index contributed by atoms with van der Waals surface area (Å²) in [6, 6.07) is 4.68. The molecular weight excluding hydrogens is 434 g/mol. The number of nitrogens with one attached hydrogen (secondary N) is 1. The number of piperazine rings is 1. The molecule has 1 saturated heterocycles. The smallest absolute Gasteiger partial charge is 0.325 e. The van der Waals surface area contributed by atoms with Gasteiger partial charge in [0.1, 0.15) is 12.4 Å². The molecule has 0 radical (unpaired) electrons. The Hall–Kier alpha value is -2.65. The molecule has 2 amide bonds. The van der Waals surface area contributed by atoms with Crippen LogP contribution < -0.4 is 10.9 Å². The Morgan fingerprint density at radius 1 is 1.31 bits per heavy atom. The maximum atomic E-state index is 13.0. The van der Waals surface area contributed by atoms with E-state index in [1.54, 1.807) is 34.6 Å². The van der Waals surface area contributed by atoms with E-state index in [0.29, 0.717) is 47.9 Å². The highest BCUT2D eigenvalue weighted by molar-refractivity contribution is 6.31. The minimum absolute atomic E-state index is 0.0746. The summed E-state index contributed by atoms with van der Waals surface area (Å²) in [7, 11) is 0. The lowest BCUT2D eigenvalue weighted by molar-refractivity contribution is -0.141. The maximum absolute atomic E-state index is 13.0. The highest BCUT2D eigenvalue weighted by Gasteiger charge is 2.32. The highest BCUT2D eigenvalue weighted by Crippen LogP contribution is 2.24. The van der Waals surface area contributed by atoms with Crippen LogP contribution in [-0.4, -0.2) is 70.2 Å². The minimum Gasteiger partial charge on any atom is -0.465 e. The number of fused-ring (bicyclic) bond motifs is 1. The van der Waals surface area contributed by atoms with E-state index in [0.717, 1.165) is 0 Å². The fraction of sp³-hybridized carbons (Fsp3) is 0.545. The van der Waals surface area contributed by atoms with Gasteiger partial charge in [-0.15, -0.1) is 0 Å². The fourth-order valence-corrected chi connectivity index (χ4v) is 4.27. The van der Waals surface area contributed by atoms with Gasteiger partial charge in [-0.2, -0.15) is 0 Å². The lowest BCUT2D eigenvalue weighted by Gasteiger charge is -2.42. The van der Waals surface area contributed by atoms with E-state index in [9.17, 15) is 14.4 Å². The van der Waals surface area contributed by atoms with Crippen molar-refractivity contribution in [3.63, 3.8) is 0 Å². The van der Waals surface area contributed by atoms with Crippen LogP contribution in [0.2, 0.25) is 5.02 Å². The fourth-order valence-electron chi connectivity index (χ4n) is 4.10. The number of hydrogen-bond acceptors (Lipinski definition) is 6. The number of ether oxygens (including phenoxy) is 1. The Morgan fingerprint density at radius 2 is 2.06 bits per heavy atom. The van der Waals surface area contributed by atoms with Crippen LogP contribution in [0.5, 0.6) is 0 Å². The average Bonchev–Trinajstić information content (AvgIpc) is 2.77. The molecule has 2 heterocycles. The van der Waals surface area contributed by atoms with Crippen LogP contribution in [0.25, 0.3) is 10.9 Å². The van der Waals surface area contributed by atoms with Gasteiger partial charge >= 0.3 is 12.0 Å². The first-order valence-corrected chi connectivity index (χ1v) is 11.3. The van der Waals surface area contributed by atoms with Crippen LogP contribution in [-0.2, 0) is 16.1 Å². The quantitative estimate of drug-likeness (QED) is 0.661. The molecule has 0 spiro atoms. The molecule has 174 valence electrons. The number of rotatable bonds is 6. The number of halogens is 1. The molecule has 1 N–H and O–H groups in total. The predicted molar refractivity (Wildman–Crippen MR) is 123 cm³/mol. The molecule has 1 aromatic heterocycles.